The Morgan fingerprint density at radius 2 is 1.78 bits per heavy atom. The zero-order valence-corrected chi connectivity index (χ0v) is 19.5. The molecule has 1 fully saturated rings. The smallest absolute Gasteiger partial charge is 0.422 e. The predicted octanol–water partition coefficient (Wildman–Crippen LogP) is 2.34. The Balaban J connectivity index is 1.86. The number of carbonyl (C=O) groups is 1. The third-order valence-corrected chi connectivity index (χ3v) is 6.12. The minimum atomic E-state index is -4.23. The monoisotopic (exact) mass is 463 g/mol. The van der Waals surface area contributed by atoms with E-state index in [2.05, 4.69) is 14.7 Å². The van der Waals surface area contributed by atoms with Crippen LogP contribution in [0.25, 0.3) is 0 Å². The molecule has 1 saturated heterocycles. The molecule has 1 aliphatic heterocycles. The van der Waals surface area contributed by atoms with Gasteiger partial charge >= 0.3 is 16.3 Å². The number of benzene rings is 1. The van der Waals surface area contributed by atoms with Gasteiger partial charge in [0.2, 0.25) is 5.95 Å². The second kappa shape index (κ2) is 9.29. The Kier molecular flexibility index (Phi) is 6.89. The van der Waals surface area contributed by atoms with Crippen LogP contribution in [0, 0.1) is 0 Å². The lowest BCUT2D eigenvalue weighted by molar-refractivity contribution is 0.0569. The first-order chi connectivity index (χ1) is 15.0. The maximum Gasteiger partial charge on any atom is 0.422 e. The Bertz CT molecular complexity index is 1030. The summed E-state index contributed by atoms with van der Waals surface area (Å²) >= 11 is 0. The van der Waals surface area contributed by atoms with Gasteiger partial charge < -0.3 is 14.4 Å². The standard InChI is InChI=1S/C21H29N5O5S/c1-20(2,3)31-19(27)24-32(28,29)25-21(16-7-5-8-17(15-16)30-4)9-13-26(14-10-21)18-22-11-6-12-23-18/h5-8,11-12,15,25H,9-10,13-14H2,1-4H3,(H,24,27). The highest BCUT2D eigenvalue weighted by Crippen LogP contribution is 2.36. The molecule has 0 spiro atoms. The number of hydrogen-bond acceptors (Lipinski definition) is 8. The third-order valence-electron chi connectivity index (χ3n) is 5.02. The molecule has 11 heteroatoms. The molecule has 0 saturated carbocycles. The number of hydrogen-bond donors (Lipinski definition) is 2. The number of aromatic nitrogens is 2. The highest BCUT2D eigenvalue weighted by molar-refractivity contribution is 7.88. The highest BCUT2D eigenvalue weighted by Gasteiger charge is 2.41. The average molecular weight is 464 g/mol. The van der Waals surface area contributed by atoms with E-state index in [9.17, 15) is 13.2 Å². The number of anilines is 1. The predicted molar refractivity (Wildman–Crippen MR) is 120 cm³/mol. The van der Waals surface area contributed by atoms with Crippen molar-refractivity contribution in [2.24, 2.45) is 0 Å². The van der Waals surface area contributed by atoms with Crippen LogP contribution in [0.1, 0.15) is 39.2 Å². The van der Waals surface area contributed by atoms with Crippen LogP contribution < -0.4 is 19.1 Å². The quantitative estimate of drug-likeness (QED) is 0.669. The number of nitrogens with one attached hydrogen (secondary N) is 2. The molecule has 1 aromatic heterocycles. The number of piperidine rings is 1. The van der Waals surface area contributed by atoms with Crippen LogP contribution in [0.3, 0.4) is 0 Å². The summed E-state index contributed by atoms with van der Waals surface area (Å²) < 4.78 is 40.9. The SMILES string of the molecule is COc1cccc(C2(NS(=O)(=O)NC(=O)OC(C)(C)C)CCN(c3ncccn3)CC2)c1. The van der Waals surface area contributed by atoms with Crippen LogP contribution in [-0.2, 0) is 20.5 Å². The summed E-state index contributed by atoms with van der Waals surface area (Å²) in [6.07, 6.45) is 3.14. The molecule has 174 valence electrons. The van der Waals surface area contributed by atoms with Crippen molar-refractivity contribution in [2.45, 2.75) is 44.8 Å². The fraction of sp³-hybridized carbons (Fsp3) is 0.476. The first-order valence-corrected chi connectivity index (χ1v) is 11.7. The van der Waals surface area contributed by atoms with Gasteiger partial charge in [0.25, 0.3) is 0 Å². The van der Waals surface area contributed by atoms with Gasteiger partial charge in [-0.25, -0.2) is 19.5 Å². The second-order valence-corrected chi connectivity index (χ2v) is 9.97. The van der Waals surface area contributed by atoms with Crippen molar-refractivity contribution in [1.29, 1.82) is 0 Å². The lowest BCUT2D eigenvalue weighted by Crippen LogP contribution is -2.56. The molecule has 0 aliphatic carbocycles. The maximum absolute atomic E-state index is 12.9. The Morgan fingerprint density at radius 3 is 2.38 bits per heavy atom. The molecular weight excluding hydrogens is 434 g/mol. The summed E-state index contributed by atoms with van der Waals surface area (Å²) in [7, 11) is -2.68. The third kappa shape index (κ3) is 6.07. The second-order valence-electron chi connectivity index (χ2n) is 8.56. The van der Waals surface area contributed by atoms with Crippen LogP contribution in [0.5, 0.6) is 5.75 Å². The van der Waals surface area contributed by atoms with Crippen molar-refractivity contribution < 1.29 is 22.7 Å². The normalized spacial score (nSPS) is 16.3. The van der Waals surface area contributed by atoms with E-state index in [0.29, 0.717) is 37.6 Å². The minimum absolute atomic E-state index is 0.424. The molecule has 2 heterocycles. The van der Waals surface area contributed by atoms with E-state index in [1.807, 2.05) is 15.7 Å². The summed E-state index contributed by atoms with van der Waals surface area (Å²) in [6, 6.07) is 8.97. The molecule has 2 N–H and O–H groups in total. The van der Waals surface area contributed by atoms with Crippen LogP contribution in [0.2, 0.25) is 0 Å². The fourth-order valence-electron chi connectivity index (χ4n) is 3.60. The molecular formula is C21H29N5O5S. The minimum Gasteiger partial charge on any atom is -0.497 e. The zero-order valence-electron chi connectivity index (χ0n) is 18.7. The number of rotatable bonds is 6. The van der Waals surface area contributed by atoms with Gasteiger partial charge in [-0.2, -0.15) is 13.1 Å². The van der Waals surface area contributed by atoms with Gasteiger partial charge in [-0.3, -0.25) is 0 Å². The molecule has 1 aromatic carbocycles. The summed E-state index contributed by atoms with van der Waals surface area (Å²) in [5.41, 5.74) is -1.06. The van der Waals surface area contributed by atoms with E-state index in [4.69, 9.17) is 9.47 Å². The van der Waals surface area contributed by atoms with Gasteiger partial charge in [-0.1, -0.05) is 12.1 Å². The van der Waals surface area contributed by atoms with Crippen molar-refractivity contribution in [1.82, 2.24) is 19.4 Å². The van der Waals surface area contributed by atoms with Gasteiger partial charge in [0.15, 0.2) is 0 Å². The molecule has 0 unspecified atom stereocenters. The van der Waals surface area contributed by atoms with Gasteiger partial charge in [0.05, 0.1) is 12.6 Å². The topological polar surface area (TPSA) is 123 Å². The number of nitrogens with zero attached hydrogens (tertiary/aromatic N) is 3. The van der Waals surface area contributed by atoms with Crippen LogP contribution >= 0.6 is 0 Å². The molecule has 32 heavy (non-hydrogen) atoms. The Labute approximate surface area is 188 Å². The summed E-state index contributed by atoms with van der Waals surface area (Å²) in [5, 5.41) is 0. The van der Waals surface area contributed by atoms with E-state index in [1.54, 1.807) is 64.5 Å². The van der Waals surface area contributed by atoms with E-state index in [1.165, 1.54) is 0 Å². The molecule has 3 rings (SSSR count). The van der Waals surface area contributed by atoms with Crippen LogP contribution in [-0.4, -0.2) is 50.3 Å². The summed E-state index contributed by atoms with van der Waals surface area (Å²) in [5.74, 6) is 1.19. The van der Waals surface area contributed by atoms with Crippen molar-refractivity contribution in [3.8, 4) is 5.75 Å². The number of ether oxygens (including phenoxy) is 2. The average Bonchev–Trinajstić information content (AvgIpc) is 2.72. The van der Waals surface area contributed by atoms with Gasteiger partial charge in [0.1, 0.15) is 11.4 Å². The Hall–Kier alpha value is -2.92. The molecule has 0 atom stereocenters. The molecule has 1 amide bonds. The van der Waals surface area contributed by atoms with E-state index < -0.39 is 27.4 Å². The largest absolute Gasteiger partial charge is 0.497 e. The van der Waals surface area contributed by atoms with Gasteiger partial charge in [0, 0.05) is 25.5 Å². The molecule has 1 aliphatic rings. The molecule has 0 radical (unpaired) electrons. The van der Waals surface area contributed by atoms with Crippen molar-refractivity contribution in [3.63, 3.8) is 0 Å². The first-order valence-electron chi connectivity index (χ1n) is 10.2. The van der Waals surface area contributed by atoms with E-state index in [0.717, 1.165) is 5.56 Å². The van der Waals surface area contributed by atoms with Crippen molar-refractivity contribution >= 4 is 22.3 Å². The van der Waals surface area contributed by atoms with Crippen LogP contribution in [0.4, 0.5) is 10.7 Å². The lowest BCUT2D eigenvalue weighted by Gasteiger charge is -2.42. The number of amides is 1. The number of methoxy groups -OCH3 is 1. The number of carbonyl (C=O) groups excluding carboxylic acids is 1. The summed E-state index contributed by atoms with van der Waals surface area (Å²) in [4.78, 5) is 22.7. The first kappa shape index (κ1) is 23.7. The fourth-order valence-corrected chi connectivity index (χ4v) is 4.75. The van der Waals surface area contributed by atoms with E-state index >= 15 is 0 Å². The molecule has 2 aromatic rings. The molecule has 0 bridgehead atoms. The van der Waals surface area contributed by atoms with Crippen molar-refractivity contribution in [2.75, 3.05) is 25.1 Å². The summed E-state index contributed by atoms with van der Waals surface area (Å²) in [6.45, 7) is 6.00. The van der Waals surface area contributed by atoms with Gasteiger partial charge in [-0.05, 0) is 57.4 Å². The maximum atomic E-state index is 12.9. The van der Waals surface area contributed by atoms with E-state index in [-0.39, 0.29) is 0 Å². The Morgan fingerprint density at radius 1 is 1.12 bits per heavy atom. The molecule has 10 nitrogen and oxygen atoms in total. The zero-order chi connectivity index (χ0) is 23.4. The van der Waals surface area contributed by atoms with Crippen LogP contribution in [0.15, 0.2) is 42.7 Å². The highest BCUT2D eigenvalue weighted by atomic mass is 32.2. The van der Waals surface area contributed by atoms with Gasteiger partial charge in [-0.15, -0.1) is 0 Å². The van der Waals surface area contributed by atoms with Crippen molar-refractivity contribution in [3.05, 3.63) is 48.3 Å². The lowest BCUT2D eigenvalue weighted by atomic mass is 9.82.